The van der Waals surface area contributed by atoms with Crippen LogP contribution in [0.25, 0.3) is 0 Å². The van der Waals surface area contributed by atoms with Gasteiger partial charge >= 0.3 is 0 Å². The van der Waals surface area contributed by atoms with Gasteiger partial charge < -0.3 is 10.1 Å². The lowest BCUT2D eigenvalue weighted by atomic mass is 10.1. The zero-order valence-electron chi connectivity index (χ0n) is 14.1. The highest BCUT2D eigenvalue weighted by molar-refractivity contribution is 7.99. The maximum atomic E-state index is 12.7. The van der Waals surface area contributed by atoms with Crippen LogP contribution in [0.3, 0.4) is 0 Å². The highest BCUT2D eigenvalue weighted by Gasteiger charge is 2.24. The second kappa shape index (κ2) is 8.19. The molecule has 1 saturated heterocycles. The van der Waals surface area contributed by atoms with Gasteiger partial charge in [0, 0.05) is 16.4 Å². The van der Waals surface area contributed by atoms with E-state index in [2.05, 4.69) is 11.4 Å². The lowest BCUT2D eigenvalue weighted by molar-refractivity contribution is 0.0710. The number of ether oxygens (including phenoxy) is 1. The van der Waals surface area contributed by atoms with Crippen molar-refractivity contribution < 1.29 is 9.53 Å². The SMILES string of the molecule is CC(NC(=O)c1ccccc1Sc1ccccc1C#N)C1CCCO1. The van der Waals surface area contributed by atoms with Crippen molar-refractivity contribution in [1.82, 2.24) is 5.32 Å². The summed E-state index contributed by atoms with van der Waals surface area (Å²) in [4.78, 5) is 14.4. The quantitative estimate of drug-likeness (QED) is 0.883. The molecule has 1 aliphatic heterocycles. The first kappa shape index (κ1) is 17.5. The van der Waals surface area contributed by atoms with Crippen molar-refractivity contribution in [3.63, 3.8) is 0 Å². The molecule has 2 aromatic rings. The van der Waals surface area contributed by atoms with Gasteiger partial charge in [0.25, 0.3) is 5.91 Å². The fraction of sp³-hybridized carbons (Fsp3) is 0.300. The van der Waals surface area contributed by atoms with Crippen molar-refractivity contribution in [3.05, 3.63) is 59.7 Å². The van der Waals surface area contributed by atoms with Gasteiger partial charge in [-0.15, -0.1) is 0 Å². The number of nitriles is 1. The topological polar surface area (TPSA) is 62.1 Å². The second-order valence-corrected chi connectivity index (χ2v) is 7.10. The fourth-order valence-electron chi connectivity index (χ4n) is 2.88. The van der Waals surface area contributed by atoms with E-state index in [-0.39, 0.29) is 18.1 Å². The van der Waals surface area contributed by atoms with E-state index in [1.54, 1.807) is 6.07 Å². The van der Waals surface area contributed by atoms with E-state index >= 15 is 0 Å². The van der Waals surface area contributed by atoms with Crippen LogP contribution in [0, 0.1) is 11.3 Å². The lowest BCUT2D eigenvalue weighted by Crippen LogP contribution is -2.41. The summed E-state index contributed by atoms with van der Waals surface area (Å²) in [5.74, 6) is -0.111. The minimum absolute atomic E-state index is 0.0283. The third-order valence-electron chi connectivity index (χ3n) is 4.24. The van der Waals surface area contributed by atoms with Crippen molar-refractivity contribution in [2.45, 2.75) is 41.7 Å². The molecule has 128 valence electrons. The van der Waals surface area contributed by atoms with Crippen molar-refractivity contribution in [2.24, 2.45) is 0 Å². The summed E-state index contributed by atoms with van der Waals surface area (Å²) in [7, 11) is 0. The van der Waals surface area contributed by atoms with Crippen LogP contribution in [0.5, 0.6) is 0 Å². The molecule has 0 saturated carbocycles. The number of amides is 1. The van der Waals surface area contributed by atoms with Crippen LogP contribution in [0.2, 0.25) is 0 Å². The highest BCUT2D eigenvalue weighted by Crippen LogP contribution is 2.32. The van der Waals surface area contributed by atoms with E-state index < -0.39 is 0 Å². The molecule has 4 nitrogen and oxygen atoms in total. The Kier molecular flexibility index (Phi) is 5.75. The fourth-order valence-corrected chi connectivity index (χ4v) is 3.91. The standard InChI is InChI=1S/C20H20N2O2S/c1-14(17-9-6-12-24-17)22-20(23)16-8-3-5-11-19(16)25-18-10-4-2-7-15(18)13-21/h2-5,7-8,10-11,14,17H,6,9,12H2,1H3,(H,22,23). The average molecular weight is 352 g/mol. The number of carbonyl (C=O) groups excluding carboxylic acids is 1. The van der Waals surface area contributed by atoms with Crippen LogP contribution in [0.1, 0.15) is 35.7 Å². The molecule has 2 unspecified atom stereocenters. The molecule has 1 fully saturated rings. The van der Waals surface area contributed by atoms with Crippen LogP contribution >= 0.6 is 11.8 Å². The molecule has 0 aliphatic carbocycles. The normalized spacial score (nSPS) is 17.7. The van der Waals surface area contributed by atoms with Crippen molar-refractivity contribution >= 4 is 17.7 Å². The Labute approximate surface area is 152 Å². The summed E-state index contributed by atoms with van der Waals surface area (Å²) in [5.41, 5.74) is 1.22. The summed E-state index contributed by atoms with van der Waals surface area (Å²) in [6.45, 7) is 2.75. The van der Waals surface area contributed by atoms with Gasteiger partial charge in [0.1, 0.15) is 6.07 Å². The average Bonchev–Trinajstić information content (AvgIpc) is 3.17. The van der Waals surface area contributed by atoms with E-state index in [1.165, 1.54) is 11.8 Å². The first-order chi connectivity index (χ1) is 12.2. The van der Waals surface area contributed by atoms with Gasteiger partial charge in [-0.2, -0.15) is 5.26 Å². The molecule has 2 aromatic carbocycles. The van der Waals surface area contributed by atoms with Gasteiger partial charge in [0.15, 0.2) is 0 Å². The van der Waals surface area contributed by atoms with Crippen LogP contribution < -0.4 is 5.32 Å². The number of hydrogen-bond acceptors (Lipinski definition) is 4. The van der Waals surface area contributed by atoms with Crippen molar-refractivity contribution in [1.29, 1.82) is 5.26 Å². The van der Waals surface area contributed by atoms with Gasteiger partial charge in [0.2, 0.25) is 0 Å². The Morgan fingerprint density at radius 1 is 1.24 bits per heavy atom. The molecule has 3 rings (SSSR count). The summed E-state index contributed by atoms with van der Waals surface area (Å²) >= 11 is 1.44. The van der Waals surface area contributed by atoms with Crippen LogP contribution in [0.4, 0.5) is 0 Å². The highest BCUT2D eigenvalue weighted by atomic mass is 32.2. The number of carbonyl (C=O) groups is 1. The number of benzene rings is 2. The Bertz CT molecular complexity index is 794. The first-order valence-electron chi connectivity index (χ1n) is 8.37. The maximum absolute atomic E-state index is 12.7. The predicted octanol–water partition coefficient (Wildman–Crippen LogP) is 4.01. The Hall–Kier alpha value is -2.29. The third kappa shape index (κ3) is 4.22. The first-order valence-corrected chi connectivity index (χ1v) is 9.19. The molecule has 1 heterocycles. The summed E-state index contributed by atoms with van der Waals surface area (Å²) in [6.07, 6.45) is 2.11. The van der Waals surface area contributed by atoms with Crippen molar-refractivity contribution in [2.75, 3.05) is 6.61 Å². The van der Waals surface area contributed by atoms with Gasteiger partial charge in [-0.1, -0.05) is 36.0 Å². The predicted molar refractivity (Wildman–Crippen MR) is 97.6 cm³/mol. The number of nitrogens with zero attached hydrogens (tertiary/aromatic N) is 1. The van der Waals surface area contributed by atoms with Crippen LogP contribution in [0.15, 0.2) is 58.3 Å². The smallest absolute Gasteiger partial charge is 0.252 e. The molecule has 0 aromatic heterocycles. The molecular formula is C20H20N2O2S. The van der Waals surface area contributed by atoms with Gasteiger partial charge in [-0.25, -0.2) is 0 Å². The summed E-state index contributed by atoms with van der Waals surface area (Å²) in [5, 5.41) is 12.3. The van der Waals surface area contributed by atoms with Gasteiger partial charge in [0.05, 0.1) is 23.3 Å². The Balaban J connectivity index is 1.78. The van der Waals surface area contributed by atoms with Gasteiger partial charge in [-0.3, -0.25) is 4.79 Å². The Morgan fingerprint density at radius 3 is 2.68 bits per heavy atom. The summed E-state index contributed by atoms with van der Waals surface area (Å²) in [6, 6.07) is 17.1. The Morgan fingerprint density at radius 2 is 1.96 bits per heavy atom. The number of hydrogen-bond donors (Lipinski definition) is 1. The largest absolute Gasteiger partial charge is 0.376 e. The molecule has 2 atom stereocenters. The van der Waals surface area contributed by atoms with Crippen molar-refractivity contribution in [3.8, 4) is 6.07 Å². The molecule has 1 N–H and O–H groups in total. The minimum Gasteiger partial charge on any atom is -0.376 e. The van der Waals surface area contributed by atoms with Gasteiger partial charge in [-0.05, 0) is 44.0 Å². The molecular weight excluding hydrogens is 332 g/mol. The molecule has 25 heavy (non-hydrogen) atoms. The maximum Gasteiger partial charge on any atom is 0.252 e. The van der Waals surface area contributed by atoms with E-state index in [0.29, 0.717) is 11.1 Å². The molecule has 1 amide bonds. The molecule has 1 aliphatic rings. The molecule has 0 spiro atoms. The second-order valence-electron chi connectivity index (χ2n) is 6.02. The lowest BCUT2D eigenvalue weighted by Gasteiger charge is -2.20. The third-order valence-corrected chi connectivity index (χ3v) is 5.39. The number of nitrogens with one attached hydrogen (secondary N) is 1. The van der Waals surface area contributed by atoms with Crippen LogP contribution in [-0.4, -0.2) is 24.7 Å². The van der Waals surface area contributed by atoms with Crippen LogP contribution in [-0.2, 0) is 4.74 Å². The molecule has 0 radical (unpaired) electrons. The number of rotatable bonds is 5. The zero-order chi connectivity index (χ0) is 17.6. The molecule has 0 bridgehead atoms. The monoisotopic (exact) mass is 352 g/mol. The van der Waals surface area contributed by atoms with E-state index in [1.807, 2.05) is 49.4 Å². The van der Waals surface area contributed by atoms with E-state index in [0.717, 1.165) is 29.2 Å². The molecule has 5 heteroatoms. The zero-order valence-corrected chi connectivity index (χ0v) is 14.9. The van der Waals surface area contributed by atoms with E-state index in [4.69, 9.17) is 4.74 Å². The minimum atomic E-state index is -0.111. The van der Waals surface area contributed by atoms with E-state index in [9.17, 15) is 10.1 Å². The summed E-state index contributed by atoms with van der Waals surface area (Å²) < 4.78 is 5.65.